The Balaban J connectivity index is 2.11. The number of ether oxygens (including phenoxy) is 1. The molecule has 2 aromatic rings. The van der Waals surface area contributed by atoms with Gasteiger partial charge in [-0.1, -0.05) is 30.3 Å². The fourth-order valence-electron chi connectivity index (χ4n) is 1.56. The van der Waals surface area contributed by atoms with Gasteiger partial charge in [0.2, 0.25) is 0 Å². The fourth-order valence-corrected chi connectivity index (χ4v) is 1.56. The molecule has 0 bridgehead atoms. The van der Waals surface area contributed by atoms with Crippen LogP contribution in [0.5, 0.6) is 5.75 Å². The third-order valence-corrected chi connectivity index (χ3v) is 2.52. The standard InChI is InChI=1S/C14H12F2O2/c15-13-6-11(7-14(16)12(13)8-17)18-9-10-4-2-1-3-5-10/h1-7,17H,8-9H2. The summed E-state index contributed by atoms with van der Waals surface area (Å²) in [5, 5.41) is 8.78. The maximum Gasteiger partial charge on any atom is 0.135 e. The molecule has 18 heavy (non-hydrogen) atoms. The molecule has 0 fully saturated rings. The van der Waals surface area contributed by atoms with E-state index in [1.54, 1.807) is 0 Å². The topological polar surface area (TPSA) is 29.5 Å². The summed E-state index contributed by atoms with van der Waals surface area (Å²) in [5.41, 5.74) is 0.562. The summed E-state index contributed by atoms with van der Waals surface area (Å²) in [7, 11) is 0. The molecule has 0 saturated carbocycles. The summed E-state index contributed by atoms with van der Waals surface area (Å²) in [6.45, 7) is -0.436. The molecule has 0 heterocycles. The van der Waals surface area contributed by atoms with Gasteiger partial charge in [-0.25, -0.2) is 8.78 Å². The average Bonchev–Trinajstić information content (AvgIpc) is 2.37. The number of aliphatic hydroxyl groups excluding tert-OH is 1. The molecular formula is C14H12F2O2. The lowest BCUT2D eigenvalue weighted by Gasteiger charge is -2.08. The number of rotatable bonds is 4. The van der Waals surface area contributed by atoms with Crippen molar-refractivity contribution in [1.82, 2.24) is 0 Å². The van der Waals surface area contributed by atoms with Crippen molar-refractivity contribution in [3.05, 3.63) is 65.2 Å². The summed E-state index contributed by atoms with van der Waals surface area (Å²) in [6, 6.07) is 11.4. The van der Waals surface area contributed by atoms with Crippen LogP contribution in [0.25, 0.3) is 0 Å². The zero-order chi connectivity index (χ0) is 13.0. The summed E-state index contributed by atoms with van der Waals surface area (Å²) in [6.07, 6.45) is 0. The lowest BCUT2D eigenvalue weighted by atomic mass is 10.2. The number of hydrogen-bond acceptors (Lipinski definition) is 2. The molecule has 0 saturated heterocycles. The van der Waals surface area contributed by atoms with Gasteiger partial charge in [0, 0.05) is 17.7 Å². The van der Waals surface area contributed by atoms with E-state index in [1.807, 2.05) is 30.3 Å². The monoisotopic (exact) mass is 250 g/mol. The SMILES string of the molecule is OCc1c(F)cc(OCc2ccccc2)cc1F. The van der Waals surface area contributed by atoms with Crippen molar-refractivity contribution in [2.45, 2.75) is 13.2 Å². The van der Waals surface area contributed by atoms with Crippen LogP contribution in [0.4, 0.5) is 8.78 Å². The molecule has 0 aliphatic carbocycles. The van der Waals surface area contributed by atoms with Crippen molar-refractivity contribution in [3.8, 4) is 5.75 Å². The number of benzene rings is 2. The first-order chi connectivity index (χ1) is 8.70. The molecule has 0 amide bonds. The quantitative estimate of drug-likeness (QED) is 0.903. The van der Waals surface area contributed by atoms with E-state index in [2.05, 4.69) is 0 Å². The maximum atomic E-state index is 13.4. The molecule has 4 heteroatoms. The van der Waals surface area contributed by atoms with Gasteiger partial charge < -0.3 is 9.84 Å². The largest absolute Gasteiger partial charge is 0.489 e. The van der Waals surface area contributed by atoms with Crippen molar-refractivity contribution < 1.29 is 18.6 Å². The predicted molar refractivity (Wildman–Crippen MR) is 63.1 cm³/mol. The zero-order valence-corrected chi connectivity index (χ0v) is 9.57. The van der Waals surface area contributed by atoms with E-state index < -0.39 is 18.2 Å². The van der Waals surface area contributed by atoms with E-state index in [9.17, 15) is 8.78 Å². The van der Waals surface area contributed by atoms with Crippen molar-refractivity contribution in [1.29, 1.82) is 0 Å². The van der Waals surface area contributed by atoms with Crippen LogP contribution < -0.4 is 4.74 Å². The molecule has 0 aromatic heterocycles. The Morgan fingerprint density at radius 2 is 1.61 bits per heavy atom. The Labute approximate surface area is 103 Å². The molecule has 0 aliphatic rings. The van der Waals surface area contributed by atoms with Gasteiger partial charge in [0.05, 0.1) is 6.61 Å². The summed E-state index contributed by atoms with van der Waals surface area (Å²) < 4.78 is 32.0. The molecule has 0 spiro atoms. The van der Waals surface area contributed by atoms with Gasteiger partial charge in [-0.15, -0.1) is 0 Å². The number of hydrogen-bond donors (Lipinski definition) is 1. The highest BCUT2D eigenvalue weighted by Gasteiger charge is 2.10. The minimum absolute atomic E-state index is 0.103. The predicted octanol–water partition coefficient (Wildman–Crippen LogP) is 3.04. The third-order valence-electron chi connectivity index (χ3n) is 2.52. The van der Waals surface area contributed by atoms with Gasteiger partial charge in [-0.2, -0.15) is 0 Å². The van der Waals surface area contributed by atoms with Crippen LogP contribution in [0.2, 0.25) is 0 Å². The molecule has 0 atom stereocenters. The van der Waals surface area contributed by atoms with E-state index in [-0.39, 0.29) is 17.9 Å². The van der Waals surface area contributed by atoms with Gasteiger partial charge >= 0.3 is 0 Å². The molecule has 2 rings (SSSR count). The molecule has 2 aromatic carbocycles. The Hall–Kier alpha value is -1.94. The highest BCUT2D eigenvalue weighted by molar-refractivity contribution is 5.30. The molecular weight excluding hydrogens is 238 g/mol. The summed E-state index contributed by atoms with van der Waals surface area (Å²) >= 11 is 0. The molecule has 94 valence electrons. The Bertz CT molecular complexity index is 504. The molecule has 0 radical (unpaired) electrons. The van der Waals surface area contributed by atoms with E-state index in [1.165, 1.54) is 0 Å². The third kappa shape index (κ3) is 2.84. The number of halogens is 2. The van der Waals surface area contributed by atoms with Crippen molar-refractivity contribution in [2.24, 2.45) is 0 Å². The molecule has 2 nitrogen and oxygen atoms in total. The highest BCUT2D eigenvalue weighted by Crippen LogP contribution is 2.21. The van der Waals surface area contributed by atoms with Gasteiger partial charge in [0.15, 0.2) is 0 Å². The first-order valence-corrected chi connectivity index (χ1v) is 5.46. The smallest absolute Gasteiger partial charge is 0.135 e. The lowest BCUT2D eigenvalue weighted by molar-refractivity contribution is 0.265. The Morgan fingerprint density at radius 1 is 1.00 bits per heavy atom. The van der Waals surface area contributed by atoms with Crippen LogP contribution in [-0.4, -0.2) is 5.11 Å². The molecule has 1 N–H and O–H groups in total. The molecule has 0 unspecified atom stereocenters. The van der Waals surface area contributed by atoms with Crippen LogP contribution in [0, 0.1) is 11.6 Å². The average molecular weight is 250 g/mol. The highest BCUT2D eigenvalue weighted by atomic mass is 19.1. The van der Waals surface area contributed by atoms with E-state index in [4.69, 9.17) is 9.84 Å². The second-order valence-electron chi connectivity index (χ2n) is 3.80. The van der Waals surface area contributed by atoms with Gasteiger partial charge in [0.25, 0.3) is 0 Å². The van der Waals surface area contributed by atoms with Crippen LogP contribution in [0.3, 0.4) is 0 Å². The normalized spacial score (nSPS) is 10.4. The number of aliphatic hydroxyl groups is 1. The second kappa shape index (κ2) is 5.60. The van der Waals surface area contributed by atoms with Crippen LogP contribution >= 0.6 is 0 Å². The lowest BCUT2D eigenvalue weighted by Crippen LogP contribution is -2.00. The minimum Gasteiger partial charge on any atom is -0.489 e. The Kier molecular flexibility index (Phi) is 3.89. The van der Waals surface area contributed by atoms with E-state index in [0.717, 1.165) is 17.7 Å². The Morgan fingerprint density at radius 3 is 2.17 bits per heavy atom. The van der Waals surface area contributed by atoms with Crippen LogP contribution in [0.1, 0.15) is 11.1 Å². The van der Waals surface area contributed by atoms with Crippen LogP contribution in [-0.2, 0) is 13.2 Å². The maximum absolute atomic E-state index is 13.4. The van der Waals surface area contributed by atoms with Gasteiger partial charge in [0.1, 0.15) is 24.0 Å². The van der Waals surface area contributed by atoms with Crippen molar-refractivity contribution >= 4 is 0 Å². The summed E-state index contributed by atoms with van der Waals surface area (Å²) in [4.78, 5) is 0. The second-order valence-corrected chi connectivity index (χ2v) is 3.80. The van der Waals surface area contributed by atoms with E-state index >= 15 is 0 Å². The van der Waals surface area contributed by atoms with Gasteiger partial charge in [-0.3, -0.25) is 0 Å². The van der Waals surface area contributed by atoms with Gasteiger partial charge in [-0.05, 0) is 5.56 Å². The van der Waals surface area contributed by atoms with Crippen molar-refractivity contribution in [3.63, 3.8) is 0 Å². The first kappa shape index (κ1) is 12.5. The van der Waals surface area contributed by atoms with Crippen molar-refractivity contribution in [2.75, 3.05) is 0 Å². The molecule has 0 aliphatic heterocycles. The van der Waals surface area contributed by atoms with E-state index in [0.29, 0.717) is 0 Å². The summed E-state index contributed by atoms with van der Waals surface area (Å²) in [5.74, 6) is -1.51. The fraction of sp³-hybridized carbons (Fsp3) is 0.143. The zero-order valence-electron chi connectivity index (χ0n) is 9.57. The van der Waals surface area contributed by atoms with Crippen LogP contribution in [0.15, 0.2) is 42.5 Å². The first-order valence-electron chi connectivity index (χ1n) is 5.46. The minimum atomic E-state index is -0.805.